The predicted molar refractivity (Wildman–Crippen MR) is 113 cm³/mol. The van der Waals surface area contributed by atoms with Crippen molar-refractivity contribution in [2.45, 2.75) is 25.8 Å². The van der Waals surface area contributed by atoms with Crippen LogP contribution in [0.25, 0.3) is 10.9 Å². The topological polar surface area (TPSA) is 75.0 Å². The molecule has 0 aliphatic carbocycles. The van der Waals surface area contributed by atoms with Crippen LogP contribution in [0.1, 0.15) is 23.6 Å². The van der Waals surface area contributed by atoms with Gasteiger partial charge in [-0.3, -0.25) is 4.79 Å². The van der Waals surface area contributed by atoms with Gasteiger partial charge in [-0.15, -0.1) is 0 Å². The second-order valence-corrected chi connectivity index (χ2v) is 7.26. The number of nitriles is 1. The molecule has 0 saturated heterocycles. The summed E-state index contributed by atoms with van der Waals surface area (Å²) in [5.41, 5.74) is 4.20. The molecular weight excluding hydrogens is 370 g/mol. The zero-order chi connectivity index (χ0) is 20.1. The zero-order valence-electron chi connectivity index (χ0n) is 16.1. The Morgan fingerprint density at radius 2 is 2.04 bits per heavy atom. The highest BCUT2D eigenvalue weighted by atomic mass is 32.2. The third kappa shape index (κ3) is 4.26. The number of amides is 1. The number of carbonyl (C=O) groups is 1. The average Bonchev–Trinajstić information content (AvgIpc) is 2.70. The Labute approximate surface area is 168 Å². The highest BCUT2D eigenvalue weighted by Crippen LogP contribution is 2.28. The maximum absolute atomic E-state index is 12.4. The maximum Gasteiger partial charge on any atom is 0.234 e. The summed E-state index contributed by atoms with van der Waals surface area (Å²) in [5.74, 6) is 0.610. The second-order valence-electron chi connectivity index (χ2n) is 6.30. The van der Waals surface area contributed by atoms with E-state index in [4.69, 9.17) is 4.74 Å². The summed E-state index contributed by atoms with van der Waals surface area (Å²) in [7, 11) is 0. The molecule has 5 nitrogen and oxygen atoms in total. The zero-order valence-corrected chi connectivity index (χ0v) is 16.9. The number of hydrogen-bond donors (Lipinski definition) is 1. The Morgan fingerprint density at radius 1 is 1.25 bits per heavy atom. The summed E-state index contributed by atoms with van der Waals surface area (Å²) < 4.78 is 5.53. The van der Waals surface area contributed by atoms with Gasteiger partial charge in [0.05, 0.1) is 29.1 Å². The van der Waals surface area contributed by atoms with Crippen LogP contribution in [0.3, 0.4) is 0 Å². The number of aromatic nitrogens is 1. The highest BCUT2D eigenvalue weighted by molar-refractivity contribution is 8.00. The van der Waals surface area contributed by atoms with Gasteiger partial charge in [-0.05, 0) is 50.1 Å². The molecule has 1 N–H and O–H groups in total. The molecule has 142 valence electrons. The van der Waals surface area contributed by atoms with Crippen molar-refractivity contribution < 1.29 is 9.53 Å². The molecule has 0 aliphatic heterocycles. The van der Waals surface area contributed by atoms with Crippen LogP contribution in [-0.2, 0) is 4.79 Å². The van der Waals surface area contributed by atoms with E-state index < -0.39 is 0 Å². The largest absolute Gasteiger partial charge is 0.492 e. The van der Waals surface area contributed by atoms with Crippen molar-refractivity contribution in [1.82, 2.24) is 4.98 Å². The van der Waals surface area contributed by atoms with Gasteiger partial charge >= 0.3 is 0 Å². The fourth-order valence-corrected chi connectivity index (χ4v) is 3.58. The standard InChI is InChI=1S/C22H21N3O2S/c1-4-27-19-8-6-5-7-18(19)24-20(26)13-28-22-17(12-23)11-16-10-9-14(2)15(3)21(16)25-22/h5-11H,4,13H2,1-3H3,(H,24,26). The van der Waals surface area contributed by atoms with Crippen LogP contribution in [0.5, 0.6) is 5.75 Å². The van der Waals surface area contributed by atoms with Crippen molar-refractivity contribution in [3.63, 3.8) is 0 Å². The molecule has 0 bridgehead atoms. The maximum atomic E-state index is 12.4. The number of fused-ring (bicyclic) bond motifs is 1. The third-order valence-electron chi connectivity index (χ3n) is 4.40. The molecule has 0 aliphatic rings. The first-order chi connectivity index (χ1) is 13.5. The predicted octanol–water partition coefficient (Wildman–Crippen LogP) is 4.85. The molecule has 0 atom stereocenters. The van der Waals surface area contributed by atoms with E-state index in [2.05, 4.69) is 16.4 Å². The molecule has 0 fully saturated rings. The lowest BCUT2D eigenvalue weighted by atomic mass is 10.0. The number of thioether (sulfide) groups is 1. The van der Waals surface area contributed by atoms with Crippen molar-refractivity contribution in [3.8, 4) is 11.8 Å². The summed E-state index contributed by atoms with van der Waals surface area (Å²) in [6.45, 7) is 6.47. The monoisotopic (exact) mass is 391 g/mol. The van der Waals surface area contributed by atoms with Crippen molar-refractivity contribution in [2.24, 2.45) is 0 Å². The molecule has 2 aromatic carbocycles. The number of benzene rings is 2. The number of hydrogen-bond acceptors (Lipinski definition) is 5. The number of para-hydroxylation sites is 2. The first-order valence-corrected chi connectivity index (χ1v) is 9.97. The van der Waals surface area contributed by atoms with Gasteiger partial charge in [0.1, 0.15) is 16.8 Å². The molecular formula is C22H21N3O2S. The minimum atomic E-state index is -0.177. The number of carbonyl (C=O) groups excluding carboxylic acids is 1. The third-order valence-corrected chi connectivity index (χ3v) is 5.39. The van der Waals surface area contributed by atoms with Crippen molar-refractivity contribution in [2.75, 3.05) is 17.7 Å². The minimum absolute atomic E-state index is 0.151. The van der Waals surface area contributed by atoms with E-state index in [1.807, 2.05) is 57.2 Å². The van der Waals surface area contributed by atoms with E-state index in [9.17, 15) is 10.1 Å². The van der Waals surface area contributed by atoms with E-state index in [1.165, 1.54) is 11.8 Å². The van der Waals surface area contributed by atoms with Gasteiger partial charge in [-0.1, -0.05) is 36.0 Å². The molecule has 1 amide bonds. The number of ether oxygens (including phenoxy) is 1. The Hall–Kier alpha value is -3.04. The van der Waals surface area contributed by atoms with Crippen LogP contribution in [0, 0.1) is 25.2 Å². The van der Waals surface area contributed by atoms with Gasteiger partial charge in [-0.25, -0.2) is 4.98 Å². The lowest BCUT2D eigenvalue weighted by Crippen LogP contribution is -2.15. The van der Waals surface area contributed by atoms with Crippen LogP contribution >= 0.6 is 11.8 Å². The molecule has 0 radical (unpaired) electrons. The smallest absolute Gasteiger partial charge is 0.234 e. The quantitative estimate of drug-likeness (QED) is 0.608. The van der Waals surface area contributed by atoms with Gasteiger partial charge in [0.15, 0.2) is 0 Å². The van der Waals surface area contributed by atoms with E-state index in [1.54, 1.807) is 6.07 Å². The number of aryl methyl sites for hydroxylation is 2. The summed E-state index contributed by atoms with van der Waals surface area (Å²) in [6.07, 6.45) is 0. The van der Waals surface area contributed by atoms with Crippen molar-refractivity contribution in [1.29, 1.82) is 5.26 Å². The van der Waals surface area contributed by atoms with Crippen LogP contribution in [0.2, 0.25) is 0 Å². The summed E-state index contributed by atoms with van der Waals surface area (Å²) >= 11 is 1.26. The van der Waals surface area contributed by atoms with Gasteiger partial charge in [0.25, 0.3) is 0 Å². The normalized spacial score (nSPS) is 10.5. The van der Waals surface area contributed by atoms with E-state index in [0.717, 1.165) is 22.0 Å². The molecule has 0 unspecified atom stereocenters. The minimum Gasteiger partial charge on any atom is -0.492 e. The Kier molecular flexibility index (Phi) is 6.17. The van der Waals surface area contributed by atoms with Crippen LogP contribution in [0.15, 0.2) is 47.5 Å². The van der Waals surface area contributed by atoms with Crippen molar-refractivity contribution in [3.05, 3.63) is 59.2 Å². The number of nitrogens with zero attached hydrogens (tertiary/aromatic N) is 2. The SMILES string of the molecule is CCOc1ccccc1NC(=O)CSc1nc2c(C)c(C)ccc2cc1C#N. The Bertz CT molecular complexity index is 1070. The average molecular weight is 391 g/mol. The fourth-order valence-electron chi connectivity index (χ4n) is 2.83. The lowest BCUT2D eigenvalue weighted by molar-refractivity contribution is -0.113. The van der Waals surface area contributed by atoms with Crippen molar-refractivity contribution >= 4 is 34.3 Å². The molecule has 0 saturated carbocycles. The second kappa shape index (κ2) is 8.77. The van der Waals surface area contributed by atoms with Gasteiger partial charge in [0.2, 0.25) is 5.91 Å². The summed E-state index contributed by atoms with van der Waals surface area (Å²) in [5, 5.41) is 13.8. The van der Waals surface area contributed by atoms with E-state index in [-0.39, 0.29) is 11.7 Å². The number of nitrogens with one attached hydrogen (secondary N) is 1. The number of pyridine rings is 1. The molecule has 6 heteroatoms. The first kappa shape index (κ1) is 19.7. The lowest BCUT2D eigenvalue weighted by Gasteiger charge is -2.12. The molecule has 3 aromatic rings. The van der Waals surface area contributed by atoms with E-state index >= 15 is 0 Å². The summed E-state index contributed by atoms with van der Waals surface area (Å²) in [4.78, 5) is 17.1. The van der Waals surface area contributed by atoms with Gasteiger partial charge < -0.3 is 10.1 Å². The molecule has 3 rings (SSSR count). The van der Waals surface area contributed by atoms with E-state index in [0.29, 0.717) is 28.6 Å². The van der Waals surface area contributed by atoms with Crippen LogP contribution in [0.4, 0.5) is 5.69 Å². The molecule has 1 aromatic heterocycles. The van der Waals surface area contributed by atoms with Crippen LogP contribution in [-0.4, -0.2) is 23.3 Å². The number of rotatable bonds is 6. The van der Waals surface area contributed by atoms with Gasteiger partial charge in [-0.2, -0.15) is 5.26 Å². The Morgan fingerprint density at radius 3 is 2.79 bits per heavy atom. The molecule has 1 heterocycles. The van der Waals surface area contributed by atoms with Crippen LogP contribution < -0.4 is 10.1 Å². The number of anilines is 1. The fraction of sp³-hybridized carbons (Fsp3) is 0.227. The van der Waals surface area contributed by atoms with Gasteiger partial charge in [0, 0.05) is 5.39 Å². The first-order valence-electron chi connectivity index (χ1n) is 8.99. The highest BCUT2D eigenvalue weighted by Gasteiger charge is 2.13. The molecule has 28 heavy (non-hydrogen) atoms. The summed E-state index contributed by atoms with van der Waals surface area (Å²) in [6, 6.07) is 15.3. The Balaban J connectivity index is 1.79. The molecule has 0 spiro atoms.